The average molecular weight is 785 g/mol. The molecule has 3 aromatic rings. The normalized spacial score (nSPS) is 19.2. The van der Waals surface area contributed by atoms with Crippen LogP contribution in [-0.4, -0.2) is 123 Å². The lowest BCUT2D eigenvalue weighted by molar-refractivity contribution is -0.141. The number of nitrogens with one attached hydrogen (secondary N) is 1. The van der Waals surface area contributed by atoms with Crippen LogP contribution < -0.4 is 5.32 Å². The topological polar surface area (TPSA) is 158 Å². The third-order valence-electron chi connectivity index (χ3n) is 10.5. The van der Waals surface area contributed by atoms with Crippen molar-refractivity contribution in [3.05, 3.63) is 77.8 Å². The molecule has 3 heterocycles. The molecule has 1 unspecified atom stereocenters. The van der Waals surface area contributed by atoms with Gasteiger partial charge in [-0.15, -0.1) is 0 Å². The monoisotopic (exact) mass is 784 g/mol. The molecule has 16 heteroatoms. The summed E-state index contributed by atoms with van der Waals surface area (Å²) in [6.07, 6.45) is 1.00. The molecule has 0 bridgehead atoms. The highest BCUT2D eigenvalue weighted by atomic mass is 32.1. The quantitative estimate of drug-likeness (QED) is 0.119. The number of imide groups is 1. The van der Waals surface area contributed by atoms with Gasteiger partial charge in [-0.25, -0.2) is 18.6 Å². The van der Waals surface area contributed by atoms with Crippen LogP contribution in [-0.2, 0) is 25.7 Å². The smallest absolute Gasteiger partial charge is 0.409 e. The minimum absolute atomic E-state index is 0.0309. The number of carbonyl (C=O) groups excluding carboxylic acids is 4. The summed E-state index contributed by atoms with van der Waals surface area (Å²) in [6.45, 7) is 6.21. The third-order valence-corrected chi connectivity index (χ3v) is 10.9. The van der Waals surface area contributed by atoms with Crippen LogP contribution in [0, 0.1) is 28.9 Å². The molecule has 0 spiro atoms. The molecule has 298 valence electrons. The van der Waals surface area contributed by atoms with E-state index in [9.17, 15) is 33.8 Å². The van der Waals surface area contributed by atoms with Crippen LogP contribution in [0.4, 0.5) is 13.6 Å². The molecule has 0 radical (unpaired) electrons. The van der Waals surface area contributed by atoms with E-state index in [2.05, 4.69) is 24.9 Å². The molecule has 2 aliphatic heterocycles. The Balaban J connectivity index is 1.48. The lowest BCUT2D eigenvalue weighted by atomic mass is 9.79. The first-order valence-corrected chi connectivity index (χ1v) is 19.0. The number of carbonyl (C=O) groups is 4. The number of ether oxygens (including phenoxy) is 1. The summed E-state index contributed by atoms with van der Waals surface area (Å²) in [5, 5.41) is 22.6. The molecule has 1 aromatic heterocycles. The SMILES string of the molecule is C[C@H]1CNC[C@H]1CN(C(=O)CO)[C@@H](c1nc(-c2cc(F)ccc2F)cn1Cc1ccccc1)C(C)(C)CCOC(=O)N(CCO)CCN1C(=O)CC(S)C1=O. The first kappa shape index (κ1) is 41.8. The van der Waals surface area contributed by atoms with Crippen molar-refractivity contribution >= 4 is 36.4 Å². The maximum atomic E-state index is 15.2. The van der Waals surface area contributed by atoms with Gasteiger partial charge in [0.25, 0.3) is 0 Å². The van der Waals surface area contributed by atoms with Gasteiger partial charge in [-0.3, -0.25) is 19.3 Å². The Morgan fingerprint density at radius 2 is 1.85 bits per heavy atom. The van der Waals surface area contributed by atoms with E-state index < -0.39 is 58.8 Å². The highest BCUT2D eigenvalue weighted by molar-refractivity contribution is 7.81. The lowest BCUT2D eigenvalue weighted by Crippen LogP contribution is -2.48. The Bertz CT molecular complexity index is 1830. The number of aliphatic hydroxyl groups is 2. The fraction of sp³-hybridized carbons (Fsp3) is 0.513. The second-order valence-electron chi connectivity index (χ2n) is 14.9. The van der Waals surface area contributed by atoms with Crippen molar-refractivity contribution in [2.24, 2.45) is 17.3 Å². The Hall–Kier alpha value is -4.38. The number of halogens is 2. The maximum absolute atomic E-state index is 15.2. The number of hydrogen-bond acceptors (Lipinski definition) is 10. The number of nitrogens with zero attached hydrogens (tertiary/aromatic N) is 5. The molecule has 2 aliphatic rings. The largest absolute Gasteiger partial charge is 0.449 e. The number of aromatic nitrogens is 2. The van der Waals surface area contributed by atoms with Crippen molar-refractivity contribution in [3.63, 3.8) is 0 Å². The van der Waals surface area contributed by atoms with Crippen LogP contribution in [0.25, 0.3) is 11.3 Å². The number of benzene rings is 2. The number of likely N-dealkylation sites (tertiary alicyclic amines) is 1. The van der Waals surface area contributed by atoms with Crippen molar-refractivity contribution in [2.75, 3.05) is 59.1 Å². The molecule has 3 N–H and O–H groups in total. The van der Waals surface area contributed by atoms with Crippen LogP contribution in [0.5, 0.6) is 0 Å². The summed E-state index contributed by atoms with van der Waals surface area (Å²) in [5.74, 6) is -2.11. The van der Waals surface area contributed by atoms with E-state index in [-0.39, 0.29) is 81.9 Å². The zero-order chi connectivity index (χ0) is 39.9. The van der Waals surface area contributed by atoms with Crippen molar-refractivity contribution in [1.82, 2.24) is 29.6 Å². The Kier molecular flexibility index (Phi) is 14.1. The standard InChI is InChI=1S/C39H50F2N6O7S/c1-25-19-42-20-27(25)22-47(34(51)24-49)35(36-43-31(29-17-28(40)9-10-30(29)41)23-45(36)21-26-7-5-4-6-8-26)39(2,3)11-16-54-38(53)44(14-15-48)12-13-46-33(50)18-32(55)37(46)52/h4-10,17,23,25,27,32,35,42,48-49,55H,11-16,18-22,24H2,1-3H3/t25-,27-,32?,35-/m0/s1. The molecular weight excluding hydrogens is 735 g/mol. The summed E-state index contributed by atoms with van der Waals surface area (Å²) < 4.78 is 37.2. The number of amides is 4. The van der Waals surface area contributed by atoms with Crippen LogP contribution >= 0.6 is 12.6 Å². The van der Waals surface area contributed by atoms with Crippen LogP contribution in [0.15, 0.2) is 54.7 Å². The Morgan fingerprint density at radius 1 is 1.11 bits per heavy atom. The molecule has 0 aliphatic carbocycles. The van der Waals surface area contributed by atoms with E-state index in [0.29, 0.717) is 12.4 Å². The zero-order valence-electron chi connectivity index (χ0n) is 31.4. The first-order valence-electron chi connectivity index (χ1n) is 18.5. The predicted octanol–water partition coefficient (Wildman–Crippen LogP) is 3.50. The highest BCUT2D eigenvalue weighted by Gasteiger charge is 2.43. The van der Waals surface area contributed by atoms with Gasteiger partial charge in [0.05, 0.1) is 30.2 Å². The van der Waals surface area contributed by atoms with Gasteiger partial charge in [0.1, 0.15) is 24.1 Å². The third kappa shape index (κ3) is 10.1. The number of rotatable bonds is 17. The van der Waals surface area contributed by atoms with Gasteiger partial charge < -0.3 is 34.6 Å². The highest BCUT2D eigenvalue weighted by Crippen LogP contribution is 2.43. The van der Waals surface area contributed by atoms with E-state index >= 15 is 4.39 Å². The van der Waals surface area contributed by atoms with Crippen LogP contribution in [0.3, 0.4) is 0 Å². The molecule has 2 fully saturated rings. The average Bonchev–Trinajstić information content (AvgIpc) is 3.82. The van der Waals surface area contributed by atoms with E-state index in [1.165, 1.54) is 4.90 Å². The number of aliphatic hydroxyl groups excluding tert-OH is 2. The van der Waals surface area contributed by atoms with Crippen molar-refractivity contribution < 1.29 is 42.9 Å². The molecular formula is C39H50F2N6O7S. The zero-order valence-corrected chi connectivity index (χ0v) is 32.3. The molecule has 0 saturated carbocycles. The Labute approximate surface area is 325 Å². The molecule has 5 rings (SSSR count). The summed E-state index contributed by atoms with van der Waals surface area (Å²) in [4.78, 5) is 60.6. The van der Waals surface area contributed by atoms with Gasteiger partial charge in [-0.05, 0) is 60.5 Å². The number of imidazole rings is 1. The van der Waals surface area contributed by atoms with Crippen molar-refractivity contribution in [3.8, 4) is 11.3 Å². The number of hydrogen-bond donors (Lipinski definition) is 4. The predicted molar refractivity (Wildman–Crippen MR) is 203 cm³/mol. The van der Waals surface area contributed by atoms with Crippen molar-refractivity contribution in [1.29, 1.82) is 0 Å². The van der Waals surface area contributed by atoms with Gasteiger partial charge in [-0.2, -0.15) is 12.6 Å². The Morgan fingerprint density at radius 3 is 2.49 bits per heavy atom. The minimum Gasteiger partial charge on any atom is -0.449 e. The lowest BCUT2D eigenvalue weighted by Gasteiger charge is -2.43. The van der Waals surface area contributed by atoms with Gasteiger partial charge in [-0.1, -0.05) is 51.1 Å². The van der Waals surface area contributed by atoms with Gasteiger partial charge >= 0.3 is 6.09 Å². The molecule has 2 saturated heterocycles. The van der Waals surface area contributed by atoms with E-state index in [1.54, 1.807) is 15.7 Å². The van der Waals surface area contributed by atoms with Crippen LogP contribution in [0.2, 0.25) is 0 Å². The fourth-order valence-electron chi connectivity index (χ4n) is 7.26. The molecule has 13 nitrogen and oxygen atoms in total. The molecule has 4 amide bonds. The summed E-state index contributed by atoms with van der Waals surface area (Å²) in [5.41, 5.74) is 0.0628. The molecule has 2 aromatic carbocycles. The second-order valence-corrected chi connectivity index (χ2v) is 15.5. The summed E-state index contributed by atoms with van der Waals surface area (Å²) in [6, 6.07) is 11.7. The minimum atomic E-state index is -0.921. The van der Waals surface area contributed by atoms with Crippen LogP contribution in [0.1, 0.15) is 51.0 Å². The fourth-order valence-corrected chi connectivity index (χ4v) is 7.55. The van der Waals surface area contributed by atoms with E-state index in [4.69, 9.17) is 9.72 Å². The van der Waals surface area contributed by atoms with Crippen molar-refractivity contribution in [2.45, 2.75) is 51.4 Å². The van der Waals surface area contributed by atoms with Gasteiger partial charge in [0.2, 0.25) is 17.7 Å². The van der Waals surface area contributed by atoms with Gasteiger partial charge in [0.15, 0.2) is 0 Å². The summed E-state index contributed by atoms with van der Waals surface area (Å²) >= 11 is 4.14. The molecule has 4 atom stereocenters. The second kappa shape index (κ2) is 18.5. The van der Waals surface area contributed by atoms with Gasteiger partial charge in [0, 0.05) is 50.9 Å². The van der Waals surface area contributed by atoms with E-state index in [1.807, 2.05) is 44.2 Å². The summed E-state index contributed by atoms with van der Waals surface area (Å²) in [7, 11) is 0. The first-order chi connectivity index (χ1) is 26.2. The molecule has 55 heavy (non-hydrogen) atoms. The van der Waals surface area contributed by atoms with E-state index in [0.717, 1.165) is 35.2 Å². The number of thiol groups is 1. The maximum Gasteiger partial charge on any atom is 0.409 e.